The number of aliphatic hydroxyl groups is 1. The first-order valence-corrected chi connectivity index (χ1v) is 10.2. The maximum atomic E-state index is 9.90. The van der Waals surface area contributed by atoms with E-state index >= 15 is 0 Å². The Morgan fingerprint density at radius 1 is 1.27 bits per heavy atom. The number of nitrogens with two attached hydrogens (primary N) is 1. The van der Waals surface area contributed by atoms with Gasteiger partial charge < -0.3 is 15.6 Å². The Morgan fingerprint density at radius 2 is 2.07 bits per heavy atom. The van der Waals surface area contributed by atoms with E-state index in [0.717, 1.165) is 24.1 Å². The van der Waals surface area contributed by atoms with Crippen LogP contribution in [0.5, 0.6) is 11.6 Å². The summed E-state index contributed by atoms with van der Waals surface area (Å²) in [7, 11) is 1.86. The van der Waals surface area contributed by atoms with Gasteiger partial charge in [0.25, 0.3) is 0 Å². The molecule has 2 heterocycles. The van der Waals surface area contributed by atoms with E-state index in [1.807, 2.05) is 25.2 Å². The Morgan fingerprint density at radius 3 is 2.73 bits per heavy atom. The smallest absolute Gasteiger partial charge is 0.217 e. The number of benzene rings is 1. The Labute approximate surface area is 175 Å². The van der Waals surface area contributed by atoms with Gasteiger partial charge in [-0.1, -0.05) is 18.9 Å². The number of hydrogen-bond donors (Lipinski definition) is 2. The van der Waals surface area contributed by atoms with Gasteiger partial charge in [-0.05, 0) is 37.1 Å². The molecular weight excluding hydrogens is 378 g/mol. The average Bonchev–Trinajstić information content (AvgIpc) is 3.43. The number of pyridine rings is 1. The first-order valence-electron chi connectivity index (χ1n) is 10.2. The Bertz CT molecular complexity index is 1060. The topological polar surface area (TPSA) is 110 Å². The lowest BCUT2D eigenvalue weighted by Gasteiger charge is -2.12. The van der Waals surface area contributed by atoms with E-state index in [-0.39, 0.29) is 6.54 Å². The summed E-state index contributed by atoms with van der Waals surface area (Å²) in [4.78, 5) is 4.47. The lowest BCUT2D eigenvalue weighted by molar-refractivity contribution is 0.186. The van der Waals surface area contributed by atoms with Gasteiger partial charge in [0.05, 0.1) is 29.1 Å². The summed E-state index contributed by atoms with van der Waals surface area (Å²) in [6, 6.07) is 13.0. The zero-order valence-electron chi connectivity index (χ0n) is 17.0. The largest absolute Gasteiger partial charge is 0.439 e. The van der Waals surface area contributed by atoms with Crippen LogP contribution < -0.4 is 10.5 Å². The Balaban J connectivity index is 1.67. The minimum atomic E-state index is -0.744. The fraction of sp³-hybridized carbons (Fsp3) is 0.348. The van der Waals surface area contributed by atoms with Gasteiger partial charge in [0, 0.05) is 42.9 Å². The van der Waals surface area contributed by atoms with Gasteiger partial charge in [-0.3, -0.25) is 4.98 Å². The maximum Gasteiger partial charge on any atom is 0.217 e. The minimum absolute atomic E-state index is 0.135. The van der Waals surface area contributed by atoms with Gasteiger partial charge in [0.15, 0.2) is 0 Å². The second-order valence-electron chi connectivity index (χ2n) is 7.67. The van der Waals surface area contributed by atoms with Crippen molar-refractivity contribution < 1.29 is 9.84 Å². The SMILES string of the molecule is Cn1nc(C2CCCC2)cc1Oc1cc(C#N)ccc1-c1ccc(C(O)CN)cn1. The van der Waals surface area contributed by atoms with Crippen molar-refractivity contribution in [1.82, 2.24) is 14.8 Å². The molecule has 1 aromatic carbocycles. The lowest BCUT2D eigenvalue weighted by atomic mass is 10.0. The summed E-state index contributed by atoms with van der Waals surface area (Å²) < 4.78 is 7.96. The molecule has 7 nitrogen and oxygen atoms in total. The van der Waals surface area contributed by atoms with Crippen molar-refractivity contribution in [3.63, 3.8) is 0 Å². The molecular formula is C23H25N5O2. The highest BCUT2D eigenvalue weighted by Crippen LogP contribution is 2.37. The molecule has 7 heteroatoms. The molecule has 1 aliphatic carbocycles. The average molecular weight is 403 g/mol. The van der Waals surface area contributed by atoms with Gasteiger partial charge >= 0.3 is 0 Å². The van der Waals surface area contributed by atoms with Crippen molar-refractivity contribution in [2.75, 3.05) is 6.54 Å². The number of nitriles is 1. The van der Waals surface area contributed by atoms with Crippen molar-refractivity contribution in [2.45, 2.75) is 37.7 Å². The molecule has 154 valence electrons. The molecule has 1 atom stereocenters. The number of hydrogen-bond acceptors (Lipinski definition) is 6. The van der Waals surface area contributed by atoms with Crippen LogP contribution in [0.1, 0.15) is 54.5 Å². The molecule has 0 aliphatic heterocycles. The highest BCUT2D eigenvalue weighted by atomic mass is 16.5. The van der Waals surface area contributed by atoms with E-state index in [0.29, 0.717) is 34.4 Å². The van der Waals surface area contributed by atoms with E-state index in [2.05, 4.69) is 16.2 Å². The van der Waals surface area contributed by atoms with Crippen molar-refractivity contribution in [3.8, 4) is 29.0 Å². The lowest BCUT2D eigenvalue weighted by Crippen LogP contribution is -2.11. The van der Waals surface area contributed by atoms with Crippen LogP contribution in [0.4, 0.5) is 0 Å². The summed E-state index contributed by atoms with van der Waals surface area (Å²) in [6.07, 6.45) is 5.68. The molecule has 3 N–H and O–H groups in total. The van der Waals surface area contributed by atoms with Crippen LogP contribution in [-0.4, -0.2) is 26.4 Å². The molecule has 0 radical (unpaired) electrons. The minimum Gasteiger partial charge on any atom is -0.439 e. The molecule has 4 rings (SSSR count). The highest BCUT2D eigenvalue weighted by Gasteiger charge is 2.22. The Hall–Kier alpha value is -3.21. The zero-order valence-corrected chi connectivity index (χ0v) is 17.0. The molecule has 2 aromatic heterocycles. The molecule has 3 aromatic rings. The number of ether oxygens (including phenoxy) is 1. The van der Waals surface area contributed by atoms with E-state index in [4.69, 9.17) is 10.5 Å². The summed E-state index contributed by atoms with van der Waals surface area (Å²) in [6.45, 7) is 0.135. The van der Waals surface area contributed by atoms with Crippen LogP contribution in [0.25, 0.3) is 11.3 Å². The predicted octanol–water partition coefficient (Wildman–Crippen LogP) is 3.80. The van der Waals surface area contributed by atoms with Gasteiger partial charge in [-0.25, -0.2) is 4.68 Å². The molecule has 1 saturated carbocycles. The molecule has 1 unspecified atom stereocenters. The number of rotatable bonds is 6. The third-order valence-electron chi connectivity index (χ3n) is 5.62. The first kappa shape index (κ1) is 20.1. The highest BCUT2D eigenvalue weighted by molar-refractivity contribution is 5.69. The van der Waals surface area contributed by atoms with E-state index in [1.54, 1.807) is 29.1 Å². The normalized spacial score (nSPS) is 15.1. The molecule has 30 heavy (non-hydrogen) atoms. The van der Waals surface area contributed by atoms with Crippen LogP contribution in [0.15, 0.2) is 42.6 Å². The summed E-state index contributed by atoms with van der Waals surface area (Å²) in [5.41, 5.74) is 9.17. The van der Waals surface area contributed by atoms with E-state index in [9.17, 15) is 10.4 Å². The number of aryl methyl sites for hydroxylation is 1. The third-order valence-corrected chi connectivity index (χ3v) is 5.62. The molecule has 1 fully saturated rings. The molecule has 0 amide bonds. The fourth-order valence-electron chi connectivity index (χ4n) is 3.89. The van der Waals surface area contributed by atoms with Crippen molar-refractivity contribution >= 4 is 0 Å². The standard InChI is InChI=1S/C23H25N5O2/c1-28-23(11-20(27-28)16-4-2-3-5-16)30-22-10-15(12-24)6-8-18(22)19-9-7-17(14-26-19)21(29)13-25/h6-11,14,16,21,29H,2-5,13,25H2,1H3. The van der Waals surface area contributed by atoms with Gasteiger partial charge in [0.1, 0.15) is 5.75 Å². The molecule has 1 aliphatic rings. The zero-order chi connectivity index (χ0) is 21.1. The summed E-state index contributed by atoms with van der Waals surface area (Å²) in [5.74, 6) is 1.65. The van der Waals surface area contributed by atoms with Gasteiger partial charge in [-0.2, -0.15) is 10.4 Å². The Kier molecular flexibility index (Phi) is 5.79. The number of aliphatic hydroxyl groups excluding tert-OH is 1. The van der Waals surface area contributed by atoms with Crippen molar-refractivity contribution in [1.29, 1.82) is 5.26 Å². The van der Waals surface area contributed by atoms with Gasteiger partial charge in [0.2, 0.25) is 5.88 Å². The van der Waals surface area contributed by atoms with Crippen LogP contribution >= 0.6 is 0 Å². The number of nitrogens with zero attached hydrogens (tertiary/aromatic N) is 4. The number of aromatic nitrogens is 3. The predicted molar refractivity (Wildman–Crippen MR) is 113 cm³/mol. The van der Waals surface area contributed by atoms with E-state index < -0.39 is 6.10 Å². The monoisotopic (exact) mass is 403 g/mol. The maximum absolute atomic E-state index is 9.90. The second-order valence-corrected chi connectivity index (χ2v) is 7.67. The molecule has 0 spiro atoms. The van der Waals surface area contributed by atoms with Crippen LogP contribution in [0, 0.1) is 11.3 Å². The van der Waals surface area contributed by atoms with E-state index in [1.165, 1.54) is 12.8 Å². The van der Waals surface area contributed by atoms with Gasteiger partial charge in [-0.15, -0.1) is 0 Å². The van der Waals surface area contributed by atoms with Crippen LogP contribution in [-0.2, 0) is 7.05 Å². The fourth-order valence-corrected chi connectivity index (χ4v) is 3.89. The molecule has 0 saturated heterocycles. The third kappa shape index (κ3) is 4.06. The van der Waals surface area contributed by atoms with Crippen molar-refractivity contribution in [2.24, 2.45) is 12.8 Å². The molecule has 0 bridgehead atoms. The van der Waals surface area contributed by atoms with Crippen LogP contribution in [0.3, 0.4) is 0 Å². The second kappa shape index (κ2) is 8.66. The van der Waals surface area contributed by atoms with Crippen molar-refractivity contribution in [3.05, 3.63) is 59.4 Å². The summed E-state index contributed by atoms with van der Waals surface area (Å²) >= 11 is 0. The first-order chi connectivity index (χ1) is 14.6. The summed E-state index contributed by atoms with van der Waals surface area (Å²) in [5, 5.41) is 23.9. The quantitative estimate of drug-likeness (QED) is 0.648. The van der Waals surface area contributed by atoms with Crippen LogP contribution in [0.2, 0.25) is 0 Å².